The highest BCUT2D eigenvalue weighted by atomic mass is 16.4. The minimum atomic E-state index is -0.821. The SMILES string of the molecule is Cc1nc(-c2ccco2)ccc1C(=O)N1CCCCC1CCC(=O)O. The van der Waals surface area contributed by atoms with Gasteiger partial charge in [-0.15, -0.1) is 0 Å². The van der Waals surface area contributed by atoms with E-state index >= 15 is 0 Å². The van der Waals surface area contributed by atoms with Crippen LogP contribution in [0.15, 0.2) is 34.9 Å². The average Bonchev–Trinajstić information content (AvgIpc) is 3.14. The number of furan rings is 1. The molecule has 1 aliphatic heterocycles. The number of likely N-dealkylation sites (tertiary alicyclic amines) is 1. The molecule has 25 heavy (non-hydrogen) atoms. The first kappa shape index (κ1) is 17.2. The van der Waals surface area contributed by atoms with Crippen LogP contribution in [-0.2, 0) is 4.79 Å². The zero-order chi connectivity index (χ0) is 17.8. The smallest absolute Gasteiger partial charge is 0.303 e. The first-order valence-electron chi connectivity index (χ1n) is 8.60. The van der Waals surface area contributed by atoms with Crippen molar-refractivity contribution in [3.8, 4) is 11.5 Å². The molecule has 0 radical (unpaired) electrons. The largest absolute Gasteiger partial charge is 0.481 e. The number of aryl methyl sites for hydroxylation is 1. The number of hydrogen-bond donors (Lipinski definition) is 1. The summed E-state index contributed by atoms with van der Waals surface area (Å²) in [6.07, 6.45) is 5.01. The molecule has 1 N–H and O–H groups in total. The number of nitrogens with zero attached hydrogens (tertiary/aromatic N) is 2. The monoisotopic (exact) mass is 342 g/mol. The first-order chi connectivity index (χ1) is 12.1. The summed E-state index contributed by atoms with van der Waals surface area (Å²) in [4.78, 5) is 30.2. The van der Waals surface area contributed by atoms with Gasteiger partial charge in [0.1, 0.15) is 5.69 Å². The minimum absolute atomic E-state index is 0.0125. The Labute approximate surface area is 146 Å². The maximum atomic E-state index is 13.0. The fourth-order valence-corrected chi connectivity index (χ4v) is 3.36. The van der Waals surface area contributed by atoms with Crippen LogP contribution in [0.4, 0.5) is 0 Å². The molecular weight excluding hydrogens is 320 g/mol. The number of rotatable bonds is 5. The third-order valence-corrected chi connectivity index (χ3v) is 4.67. The fourth-order valence-electron chi connectivity index (χ4n) is 3.36. The van der Waals surface area contributed by atoms with E-state index in [1.54, 1.807) is 24.5 Å². The van der Waals surface area contributed by atoms with Crippen LogP contribution in [0.3, 0.4) is 0 Å². The van der Waals surface area contributed by atoms with Gasteiger partial charge in [0, 0.05) is 19.0 Å². The van der Waals surface area contributed by atoms with Gasteiger partial charge in [0.2, 0.25) is 0 Å². The number of carboxylic acids is 1. The molecule has 0 spiro atoms. The van der Waals surface area contributed by atoms with E-state index in [0.717, 1.165) is 19.3 Å². The number of piperidine rings is 1. The Kier molecular flexibility index (Phi) is 5.16. The van der Waals surface area contributed by atoms with Crippen LogP contribution in [0.25, 0.3) is 11.5 Å². The van der Waals surface area contributed by atoms with E-state index in [4.69, 9.17) is 9.52 Å². The van der Waals surface area contributed by atoms with Gasteiger partial charge in [0.05, 0.1) is 17.5 Å². The van der Waals surface area contributed by atoms with Gasteiger partial charge in [-0.05, 0) is 56.9 Å². The van der Waals surface area contributed by atoms with Gasteiger partial charge in [0.25, 0.3) is 5.91 Å². The Morgan fingerprint density at radius 3 is 2.84 bits per heavy atom. The van der Waals surface area contributed by atoms with Crippen LogP contribution in [0, 0.1) is 6.92 Å². The fraction of sp³-hybridized carbons (Fsp3) is 0.421. The van der Waals surface area contributed by atoms with Crippen molar-refractivity contribution in [3.05, 3.63) is 41.8 Å². The molecule has 132 valence electrons. The molecule has 0 aliphatic carbocycles. The van der Waals surface area contributed by atoms with Crippen molar-refractivity contribution in [2.24, 2.45) is 0 Å². The number of pyridine rings is 1. The van der Waals surface area contributed by atoms with Crippen LogP contribution in [-0.4, -0.2) is 39.5 Å². The van der Waals surface area contributed by atoms with E-state index in [-0.39, 0.29) is 18.4 Å². The van der Waals surface area contributed by atoms with Gasteiger partial charge < -0.3 is 14.4 Å². The Balaban J connectivity index is 1.79. The summed E-state index contributed by atoms with van der Waals surface area (Å²) in [7, 11) is 0. The van der Waals surface area contributed by atoms with Crippen molar-refractivity contribution in [1.82, 2.24) is 9.88 Å². The maximum Gasteiger partial charge on any atom is 0.303 e. The third-order valence-electron chi connectivity index (χ3n) is 4.67. The maximum absolute atomic E-state index is 13.0. The summed E-state index contributed by atoms with van der Waals surface area (Å²) in [6, 6.07) is 7.18. The quantitative estimate of drug-likeness (QED) is 0.899. The lowest BCUT2D eigenvalue weighted by molar-refractivity contribution is -0.137. The van der Waals surface area contributed by atoms with Gasteiger partial charge in [-0.2, -0.15) is 0 Å². The van der Waals surface area contributed by atoms with Gasteiger partial charge in [-0.1, -0.05) is 0 Å². The van der Waals surface area contributed by atoms with Crippen molar-refractivity contribution in [1.29, 1.82) is 0 Å². The van der Waals surface area contributed by atoms with Crippen LogP contribution in [0.5, 0.6) is 0 Å². The molecule has 1 amide bonds. The lowest BCUT2D eigenvalue weighted by atomic mass is 9.96. The predicted molar refractivity (Wildman–Crippen MR) is 92.2 cm³/mol. The lowest BCUT2D eigenvalue weighted by Crippen LogP contribution is -2.44. The summed E-state index contributed by atoms with van der Waals surface area (Å²) in [6.45, 7) is 2.48. The number of carbonyl (C=O) groups is 2. The molecule has 3 rings (SSSR count). The first-order valence-corrected chi connectivity index (χ1v) is 8.60. The van der Waals surface area contributed by atoms with Crippen LogP contribution in [0.2, 0.25) is 0 Å². The highest BCUT2D eigenvalue weighted by Gasteiger charge is 2.29. The highest BCUT2D eigenvalue weighted by Crippen LogP contribution is 2.25. The zero-order valence-corrected chi connectivity index (χ0v) is 14.3. The molecule has 2 aromatic heterocycles. The van der Waals surface area contributed by atoms with Crippen LogP contribution >= 0.6 is 0 Å². The number of aliphatic carboxylic acids is 1. The topological polar surface area (TPSA) is 83.6 Å². The molecule has 1 atom stereocenters. The molecule has 1 unspecified atom stereocenters. The highest BCUT2D eigenvalue weighted by molar-refractivity contribution is 5.95. The van der Waals surface area contributed by atoms with Gasteiger partial charge in [0.15, 0.2) is 5.76 Å². The van der Waals surface area contributed by atoms with Crippen LogP contribution < -0.4 is 0 Å². The van der Waals surface area contributed by atoms with E-state index < -0.39 is 5.97 Å². The van der Waals surface area contributed by atoms with Crippen molar-refractivity contribution in [2.75, 3.05) is 6.54 Å². The molecule has 1 saturated heterocycles. The normalized spacial score (nSPS) is 17.5. The van der Waals surface area contributed by atoms with E-state index in [1.165, 1.54) is 0 Å². The molecule has 3 heterocycles. The van der Waals surface area contributed by atoms with E-state index in [0.29, 0.717) is 35.7 Å². The molecule has 2 aromatic rings. The summed E-state index contributed by atoms with van der Waals surface area (Å²) in [5.41, 5.74) is 1.92. The molecule has 0 aromatic carbocycles. The Hall–Kier alpha value is -2.63. The van der Waals surface area contributed by atoms with Crippen molar-refractivity contribution >= 4 is 11.9 Å². The molecule has 1 fully saturated rings. The number of carboxylic acid groups (broad SMARTS) is 1. The molecule has 6 heteroatoms. The van der Waals surface area contributed by atoms with E-state index in [1.807, 2.05) is 17.9 Å². The number of amides is 1. The Bertz CT molecular complexity index is 755. The molecule has 6 nitrogen and oxygen atoms in total. The van der Waals surface area contributed by atoms with E-state index in [9.17, 15) is 9.59 Å². The number of aromatic nitrogens is 1. The van der Waals surface area contributed by atoms with Gasteiger partial charge in [-0.3, -0.25) is 9.59 Å². The lowest BCUT2D eigenvalue weighted by Gasteiger charge is -2.36. The summed E-state index contributed by atoms with van der Waals surface area (Å²) in [5, 5.41) is 8.93. The third kappa shape index (κ3) is 3.90. The van der Waals surface area contributed by atoms with E-state index in [2.05, 4.69) is 4.98 Å². The number of carbonyl (C=O) groups excluding carboxylic acids is 1. The van der Waals surface area contributed by atoms with Gasteiger partial charge >= 0.3 is 5.97 Å². The second-order valence-electron chi connectivity index (χ2n) is 6.39. The minimum Gasteiger partial charge on any atom is -0.481 e. The summed E-state index contributed by atoms with van der Waals surface area (Å²) in [5.74, 6) is -0.218. The Morgan fingerprint density at radius 1 is 1.32 bits per heavy atom. The zero-order valence-electron chi connectivity index (χ0n) is 14.3. The second-order valence-corrected chi connectivity index (χ2v) is 6.39. The standard InChI is InChI=1S/C19H22N2O4/c1-13-15(8-9-16(20-13)17-6-4-12-25-17)19(24)21-11-3-2-5-14(21)7-10-18(22)23/h4,6,8-9,12,14H,2-3,5,7,10-11H2,1H3,(H,22,23). The van der Waals surface area contributed by atoms with Crippen molar-refractivity contribution < 1.29 is 19.1 Å². The average molecular weight is 342 g/mol. The van der Waals surface area contributed by atoms with Crippen molar-refractivity contribution in [2.45, 2.75) is 45.1 Å². The predicted octanol–water partition coefficient (Wildman–Crippen LogP) is 3.51. The van der Waals surface area contributed by atoms with Crippen LogP contribution in [0.1, 0.15) is 48.2 Å². The van der Waals surface area contributed by atoms with Gasteiger partial charge in [-0.25, -0.2) is 4.98 Å². The molecule has 0 bridgehead atoms. The summed E-state index contributed by atoms with van der Waals surface area (Å²) < 4.78 is 5.35. The molecule has 1 aliphatic rings. The number of hydrogen-bond acceptors (Lipinski definition) is 4. The van der Waals surface area contributed by atoms with Crippen molar-refractivity contribution in [3.63, 3.8) is 0 Å². The summed E-state index contributed by atoms with van der Waals surface area (Å²) >= 11 is 0. The molecular formula is C19H22N2O4. The Morgan fingerprint density at radius 2 is 2.16 bits per heavy atom. The second kappa shape index (κ2) is 7.51. The molecule has 0 saturated carbocycles.